The third-order valence-electron chi connectivity index (χ3n) is 2.89. The molecule has 16 heavy (non-hydrogen) atoms. The second kappa shape index (κ2) is 6.33. The first-order valence-electron chi connectivity index (χ1n) is 5.82. The summed E-state index contributed by atoms with van der Waals surface area (Å²) in [4.78, 5) is 8.57. The molecule has 4 heteroatoms. The highest BCUT2D eigenvalue weighted by Gasteiger charge is 2.06. The maximum atomic E-state index is 5.88. The molecule has 0 saturated heterocycles. The van der Waals surface area contributed by atoms with Crippen LogP contribution in [-0.4, -0.2) is 43.1 Å². The molecule has 0 amide bonds. The van der Waals surface area contributed by atoms with Gasteiger partial charge in [0.2, 0.25) is 0 Å². The molecule has 4 nitrogen and oxygen atoms in total. The SMILES string of the molecule is CCN(CC)CCN(C)c1ccncc1N. The minimum absolute atomic E-state index is 0.740. The summed E-state index contributed by atoms with van der Waals surface area (Å²) in [5.41, 5.74) is 7.67. The lowest BCUT2D eigenvalue weighted by molar-refractivity contribution is 0.311. The lowest BCUT2D eigenvalue weighted by atomic mass is 10.3. The first kappa shape index (κ1) is 12.8. The minimum atomic E-state index is 0.740. The summed E-state index contributed by atoms with van der Waals surface area (Å²) in [7, 11) is 2.06. The molecule has 0 radical (unpaired) electrons. The summed E-state index contributed by atoms with van der Waals surface area (Å²) in [5, 5.41) is 0. The van der Waals surface area contributed by atoms with Crippen molar-refractivity contribution in [2.45, 2.75) is 13.8 Å². The van der Waals surface area contributed by atoms with E-state index in [-0.39, 0.29) is 0 Å². The molecular formula is C12H22N4. The van der Waals surface area contributed by atoms with Gasteiger partial charge < -0.3 is 15.5 Å². The molecule has 0 aliphatic rings. The van der Waals surface area contributed by atoms with E-state index in [1.807, 2.05) is 6.07 Å². The van der Waals surface area contributed by atoms with Crippen molar-refractivity contribution in [1.29, 1.82) is 0 Å². The molecule has 1 aromatic heterocycles. The van der Waals surface area contributed by atoms with Gasteiger partial charge in [0.15, 0.2) is 0 Å². The van der Waals surface area contributed by atoms with Gasteiger partial charge in [-0.1, -0.05) is 13.8 Å². The number of nitrogen functional groups attached to an aromatic ring is 1. The summed E-state index contributed by atoms with van der Waals surface area (Å²) in [5.74, 6) is 0. The largest absolute Gasteiger partial charge is 0.396 e. The molecule has 0 fully saturated rings. The minimum Gasteiger partial charge on any atom is -0.396 e. The van der Waals surface area contributed by atoms with Crippen molar-refractivity contribution >= 4 is 11.4 Å². The topological polar surface area (TPSA) is 45.4 Å². The Kier molecular flexibility index (Phi) is 5.05. The predicted molar refractivity (Wildman–Crippen MR) is 69.7 cm³/mol. The number of anilines is 2. The van der Waals surface area contributed by atoms with Crippen LogP contribution in [0.1, 0.15) is 13.8 Å². The lowest BCUT2D eigenvalue weighted by Gasteiger charge is -2.25. The molecule has 0 bridgehead atoms. The van der Waals surface area contributed by atoms with Gasteiger partial charge in [0.25, 0.3) is 0 Å². The van der Waals surface area contributed by atoms with Crippen molar-refractivity contribution in [3.63, 3.8) is 0 Å². The van der Waals surface area contributed by atoms with Crippen molar-refractivity contribution in [2.24, 2.45) is 0 Å². The van der Waals surface area contributed by atoms with Crippen LogP contribution in [0.2, 0.25) is 0 Å². The highest BCUT2D eigenvalue weighted by molar-refractivity contribution is 5.65. The van der Waals surface area contributed by atoms with Crippen LogP contribution in [0.5, 0.6) is 0 Å². The van der Waals surface area contributed by atoms with Gasteiger partial charge >= 0.3 is 0 Å². The van der Waals surface area contributed by atoms with Gasteiger partial charge in [-0.05, 0) is 19.2 Å². The average Bonchev–Trinajstić information content (AvgIpc) is 2.30. The number of hydrogen-bond donors (Lipinski definition) is 1. The molecule has 0 aliphatic carbocycles. The van der Waals surface area contributed by atoms with Crippen molar-refractivity contribution < 1.29 is 0 Å². The monoisotopic (exact) mass is 222 g/mol. The van der Waals surface area contributed by atoms with E-state index in [1.165, 1.54) is 0 Å². The third kappa shape index (κ3) is 3.38. The number of hydrogen-bond acceptors (Lipinski definition) is 4. The Morgan fingerprint density at radius 3 is 2.50 bits per heavy atom. The molecule has 2 N–H and O–H groups in total. The number of pyridine rings is 1. The van der Waals surface area contributed by atoms with Crippen LogP contribution < -0.4 is 10.6 Å². The van der Waals surface area contributed by atoms with Gasteiger partial charge in [0.05, 0.1) is 17.6 Å². The van der Waals surface area contributed by atoms with Gasteiger partial charge in [-0.2, -0.15) is 0 Å². The normalized spacial score (nSPS) is 10.8. The molecule has 0 unspecified atom stereocenters. The van der Waals surface area contributed by atoms with E-state index in [4.69, 9.17) is 5.73 Å². The molecule has 1 heterocycles. The number of rotatable bonds is 6. The van der Waals surface area contributed by atoms with Crippen LogP contribution >= 0.6 is 0 Å². The molecule has 1 rings (SSSR count). The molecular weight excluding hydrogens is 200 g/mol. The quantitative estimate of drug-likeness (QED) is 0.791. The zero-order chi connectivity index (χ0) is 12.0. The number of likely N-dealkylation sites (N-methyl/N-ethyl adjacent to an activating group) is 2. The molecule has 1 aromatic rings. The second-order valence-corrected chi connectivity index (χ2v) is 3.88. The second-order valence-electron chi connectivity index (χ2n) is 3.88. The Hall–Kier alpha value is -1.29. The van der Waals surface area contributed by atoms with E-state index in [9.17, 15) is 0 Å². The summed E-state index contributed by atoms with van der Waals surface area (Å²) < 4.78 is 0. The predicted octanol–water partition coefficient (Wildman–Crippen LogP) is 1.44. The van der Waals surface area contributed by atoms with Gasteiger partial charge in [-0.3, -0.25) is 4.98 Å². The van der Waals surface area contributed by atoms with Crippen LogP contribution in [-0.2, 0) is 0 Å². The van der Waals surface area contributed by atoms with E-state index in [1.54, 1.807) is 12.4 Å². The van der Waals surface area contributed by atoms with E-state index in [2.05, 4.69) is 35.7 Å². The fourth-order valence-corrected chi connectivity index (χ4v) is 1.70. The highest BCUT2D eigenvalue weighted by Crippen LogP contribution is 2.19. The highest BCUT2D eigenvalue weighted by atomic mass is 15.2. The zero-order valence-electron chi connectivity index (χ0n) is 10.5. The Balaban J connectivity index is 2.52. The van der Waals surface area contributed by atoms with Crippen molar-refractivity contribution in [2.75, 3.05) is 43.9 Å². The Morgan fingerprint density at radius 1 is 1.25 bits per heavy atom. The number of nitrogens with zero attached hydrogens (tertiary/aromatic N) is 3. The summed E-state index contributed by atoms with van der Waals surface area (Å²) >= 11 is 0. The maximum absolute atomic E-state index is 5.88. The first-order chi connectivity index (χ1) is 7.69. The van der Waals surface area contributed by atoms with Gasteiger partial charge in [-0.15, -0.1) is 0 Å². The van der Waals surface area contributed by atoms with Crippen LogP contribution in [0.25, 0.3) is 0 Å². The van der Waals surface area contributed by atoms with Gasteiger partial charge in [0.1, 0.15) is 0 Å². The fourth-order valence-electron chi connectivity index (χ4n) is 1.70. The van der Waals surface area contributed by atoms with E-state index in [0.29, 0.717) is 0 Å². The van der Waals surface area contributed by atoms with Crippen molar-refractivity contribution in [1.82, 2.24) is 9.88 Å². The first-order valence-corrected chi connectivity index (χ1v) is 5.82. The van der Waals surface area contributed by atoms with Crippen LogP contribution in [0.15, 0.2) is 18.5 Å². The Morgan fingerprint density at radius 2 is 1.94 bits per heavy atom. The van der Waals surface area contributed by atoms with Crippen molar-refractivity contribution in [3.8, 4) is 0 Å². The number of nitrogens with two attached hydrogens (primary N) is 1. The van der Waals surface area contributed by atoms with Crippen LogP contribution in [0.4, 0.5) is 11.4 Å². The van der Waals surface area contributed by atoms with E-state index in [0.717, 1.165) is 37.6 Å². The van der Waals surface area contributed by atoms with Crippen LogP contribution in [0, 0.1) is 0 Å². The average molecular weight is 222 g/mol. The summed E-state index contributed by atoms with van der Waals surface area (Å²) in [6.07, 6.45) is 3.48. The maximum Gasteiger partial charge on any atom is 0.0738 e. The molecule has 0 spiro atoms. The molecule has 0 saturated carbocycles. The third-order valence-corrected chi connectivity index (χ3v) is 2.89. The standard InChI is InChI=1S/C12H22N4/c1-4-16(5-2)9-8-15(3)12-6-7-14-10-11(12)13/h6-7,10H,4-5,8-9,13H2,1-3H3. The molecule has 90 valence electrons. The molecule has 0 aromatic carbocycles. The molecule has 0 atom stereocenters. The van der Waals surface area contributed by atoms with Gasteiger partial charge in [-0.25, -0.2) is 0 Å². The van der Waals surface area contributed by atoms with Gasteiger partial charge in [0, 0.05) is 26.3 Å². The van der Waals surface area contributed by atoms with Crippen LogP contribution in [0.3, 0.4) is 0 Å². The number of aromatic nitrogens is 1. The summed E-state index contributed by atoms with van der Waals surface area (Å²) in [6.45, 7) is 8.60. The Bertz CT molecular complexity index is 310. The lowest BCUT2D eigenvalue weighted by Crippen LogP contribution is -2.33. The van der Waals surface area contributed by atoms with E-state index < -0.39 is 0 Å². The van der Waals surface area contributed by atoms with E-state index >= 15 is 0 Å². The fraction of sp³-hybridized carbons (Fsp3) is 0.583. The smallest absolute Gasteiger partial charge is 0.0738 e. The zero-order valence-corrected chi connectivity index (χ0v) is 10.5. The Labute approximate surface area is 98.1 Å². The summed E-state index contributed by atoms with van der Waals surface area (Å²) in [6, 6.07) is 1.96. The van der Waals surface area contributed by atoms with Crippen molar-refractivity contribution in [3.05, 3.63) is 18.5 Å². The molecule has 0 aliphatic heterocycles.